The topological polar surface area (TPSA) is 29.5 Å². The van der Waals surface area contributed by atoms with E-state index < -0.39 is 6.29 Å². The number of aliphatic hydroxyl groups excluding tert-OH is 1. The van der Waals surface area contributed by atoms with Gasteiger partial charge >= 0.3 is 0 Å². The van der Waals surface area contributed by atoms with Gasteiger partial charge in [0, 0.05) is 6.42 Å². The van der Waals surface area contributed by atoms with Crippen molar-refractivity contribution in [3.63, 3.8) is 0 Å². The minimum Gasteiger partial charge on any atom is -0.368 e. The zero-order valence-electron chi connectivity index (χ0n) is 6.00. The Morgan fingerprint density at radius 1 is 1.33 bits per heavy atom. The van der Waals surface area contributed by atoms with Gasteiger partial charge in [-0.2, -0.15) is 0 Å². The molecule has 0 amide bonds. The van der Waals surface area contributed by atoms with E-state index in [1.165, 1.54) is 0 Å². The van der Waals surface area contributed by atoms with E-state index in [9.17, 15) is 0 Å². The van der Waals surface area contributed by atoms with Crippen molar-refractivity contribution in [1.29, 1.82) is 0 Å². The second-order valence-corrected chi connectivity index (χ2v) is 2.98. The van der Waals surface area contributed by atoms with E-state index in [1.807, 2.05) is 6.92 Å². The summed E-state index contributed by atoms with van der Waals surface area (Å²) in [5, 5.41) is 9.03. The Hall–Kier alpha value is -0.0800. The molecule has 1 aliphatic heterocycles. The minimum absolute atomic E-state index is 0.240. The molecule has 0 radical (unpaired) electrons. The van der Waals surface area contributed by atoms with Crippen molar-refractivity contribution < 1.29 is 9.84 Å². The quantitative estimate of drug-likeness (QED) is 0.533. The lowest BCUT2D eigenvalue weighted by Gasteiger charge is -2.28. The summed E-state index contributed by atoms with van der Waals surface area (Å²) in [5.41, 5.74) is 0. The van der Waals surface area contributed by atoms with E-state index in [1.54, 1.807) is 0 Å². The summed E-state index contributed by atoms with van der Waals surface area (Å²) in [5.74, 6) is 0.615. The Kier molecular flexibility index (Phi) is 2.09. The lowest BCUT2D eigenvalue weighted by molar-refractivity contribution is -0.169. The van der Waals surface area contributed by atoms with Crippen molar-refractivity contribution in [2.45, 2.75) is 39.1 Å². The molecule has 1 aliphatic rings. The van der Waals surface area contributed by atoms with Crippen LogP contribution < -0.4 is 0 Å². The highest BCUT2D eigenvalue weighted by atomic mass is 16.6. The third-order valence-electron chi connectivity index (χ3n) is 1.73. The highest BCUT2D eigenvalue weighted by Gasteiger charge is 2.21. The number of ether oxygens (including phenoxy) is 1. The Labute approximate surface area is 55.8 Å². The van der Waals surface area contributed by atoms with E-state index in [0.717, 1.165) is 12.8 Å². The summed E-state index contributed by atoms with van der Waals surface area (Å²) in [6, 6.07) is 0. The van der Waals surface area contributed by atoms with Gasteiger partial charge in [0.15, 0.2) is 6.29 Å². The molecule has 2 heteroatoms. The lowest BCUT2D eigenvalue weighted by atomic mass is 9.98. The molecule has 0 spiro atoms. The van der Waals surface area contributed by atoms with Crippen LogP contribution in [0.4, 0.5) is 0 Å². The van der Waals surface area contributed by atoms with Crippen LogP contribution in [-0.4, -0.2) is 17.5 Å². The zero-order valence-corrected chi connectivity index (χ0v) is 6.00. The first-order valence-corrected chi connectivity index (χ1v) is 3.52. The first kappa shape index (κ1) is 7.03. The summed E-state index contributed by atoms with van der Waals surface area (Å²) in [4.78, 5) is 0. The fourth-order valence-corrected chi connectivity index (χ4v) is 1.39. The van der Waals surface area contributed by atoms with Crippen molar-refractivity contribution in [2.75, 3.05) is 0 Å². The Morgan fingerprint density at radius 2 is 2.00 bits per heavy atom. The summed E-state index contributed by atoms with van der Waals surface area (Å²) >= 11 is 0. The molecule has 0 aliphatic carbocycles. The highest BCUT2D eigenvalue weighted by molar-refractivity contribution is 4.66. The van der Waals surface area contributed by atoms with E-state index in [2.05, 4.69) is 6.92 Å². The van der Waals surface area contributed by atoms with Crippen LogP contribution in [0.2, 0.25) is 0 Å². The van der Waals surface area contributed by atoms with Gasteiger partial charge in [-0.25, -0.2) is 0 Å². The van der Waals surface area contributed by atoms with Crippen LogP contribution in [0.15, 0.2) is 0 Å². The standard InChI is InChI=1S/C7H14O2/c1-5-3-6(2)9-7(8)4-5/h5-8H,3-4H2,1-2H3/t5-,6?,7?/m0/s1. The minimum atomic E-state index is -0.510. The molecule has 0 aromatic rings. The van der Waals surface area contributed by atoms with Crippen molar-refractivity contribution in [2.24, 2.45) is 5.92 Å². The molecule has 1 N–H and O–H groups in total. The SMILES string of the molecule is CC1C[C@H](C)CC(O)O1. The predicted octanol–water partition coefficient (Wildman–Crippen LogP) is 1.14. The average Bonchev–Trinajstić information content (AvgIpc) is 1.59. The Morgan fingerprint density at radius 3 is 2.44 bits per heavy atom. The Balaban J connectivity index is 2.34. The molecule has 1 fully saturated rings. The smallest absolute Gasteiger partial charge is 0.155 e. The van der Waals surface area contributed by atoms with Crippen molar-refractivity contribution in [3.05, 3.63) is 0 Å². The van der Waals surface area contributed by atoms with Crippen LogP contribution in [0.1, 0.15) is 26.7 Å². The first-order chi connectivity index (χ1) is 4.18. The van der Waals surface area contributed by atoms with Gasteiger partial charge in [0.1, 0.15) is 0 Å². The normalized spacial score (nSPS) is 45.0. The van der Waals surface area contributed by atoms with Gasteiger partial charge < -0.3 is 9.84 Å². The molecular weight excluding hydrogens is 116 g/mol. The second-order valence-electron chi connectivity index (χ2n) is 2.98. The highest BCUT2D eigenvalue weighted by Crippen LogP contribution is 2.22. The lowest BCUT2D eigenvalue weighted by Crippen LogP contribution is -2.29. The van der Waals surface area contributed by atoms with E-state index in [4.69, 9.17) is 9.84 Å². The van der Waals surface area contributed by atoms with E-state index in [0.29, 0.717) is 5.92 Å². The van der Waals surface area contributed by atoms with Gasteiger partial charge in [0.05, 0.1) is 6.10 Å². The summed E-state index contributed by atoms with van der Waals surface area (Å²) in [6.45, 7) is 4.14. The molecule has 1 saturated heterocycles. The van der Waals surface area contributed by atoms with Crippen LogP contribution in [-0.2, 0) is 4.74 Å². The van der Waals surface area contributed by atoms with Crippen LogP contribution in [0, 0.1) is 5.92 Å². The van der Waals surface area contributed by atoms with Crippen LogP contribution in [0.3, 0.4) is 0 Å². The third-order valence-corrected chi connectivity index (χ3v) is 1.73. The van der Waals surface area contributed by atoms with Crippen molar-refractivity contribution in [1.82, 2.24) is 0 Å². The molecule has 2 unspecified atom stereocenters. The molecular formula is C7H14O2. The number of hydrogen-bond acceptors (Lipinski definition) is 2. The molecule has 1 heterocycles. The molecule has 0 bridgehead atoms. The zero-order chi connectivity index (χ0) is 6.85. The van der Waals surface area contributed by atoms with Crippen LogP contribution in [0.25, 0.3) is 0 Å². The maximum atomic E-state index is 9.03. The van der Waals surface area contributed by atoms with Gasteiger partial charge in [0.2, 0.25) is 0 Å². The van der Waals surface area contributed by atoms with Crippen molar-refractivity contribution >= 4 is 0 Å². The molecule has 0 aromatic carbocycles. The first-order valence-electron chi connectivity index (χ1n) is 3.52. The predicted molar refractivity (Wildman–Crippen MR) is 35.0 cm³/mol. The monoisotopic (exact) mass is 130 g/mol. The van der Waals surface area contributed by atoms with Crippen LogP contribution in [0.5, 0.6) is 0 Å². The molecule has 2 nitrogen and oxygen atoms in total. The van der Waals surface area contributed by atoms with E-state index in [-0.39, 0.29) is 6.10 Å². The van der Waals surface area contributed by atoms with Crippen LogP contribution >= 0.6 is 0 Å². The third kappa shape index (κ3) is 1.95. The fourth-order valence-electron chi connectivity index (χ4n) is 1.39. The van der Waals surface area contributed by atoms with Crippen molar-refractivity contribution in [3.8, 4) is 0 Å². The number of aliphatic hydroxyl groups is 1. The number of hydrogen-bond donors (Lipinski definition) is 1. The molecule has 9 heavy (non-hydrogen) atoms. The van der Waals surface area contributed by atoms with Gasteiger partial charge in [0.25, 0.3) is 0 Å². The maximum Gasteiger partial charge on any atom is 0.155 e. The van der Waals surface area contributed by atoms with Gasteiger partial charge in [-0.3, -0.25) is 0 Å². The second kappa shape index (κ2) is 2.67. The Bertz CT molecular complexity index is 67.9. The summed E-state index contributed by atoms with van der Waals surface area (Å²) < 4.78 is 5.11. The number of rotatable bonds is 0. The molecule has 0 saturated carbocycles. The van der Waals surface area contributed by atoms with E-state index >= 15 is 0 Å². The van der Waals surface area contributed by atoms with Gasteiger partial charge in [-0.1, -0.05) is 6.92 Å². The molecule has 3 atom stereocenters. The summed E-state index contributed by atoms with van der Waals surface area (Å²) in [6.07, 6.45) is 1.61. The molecule has 0 aromatic heterocycles. The largest absolute Gasteiger partial charge is 0.368 e. The average molecular weight is 130 g/mol. The summed E-state index contributed by atoms with van der Waals surface area (Å²) in [7, 11) is 0. The molecule has 1 rings (SSSR count). The molecule has 54 valence electrons. The fraction of sp³-hybridized carbons (Fsp3) is 1.00. The maximum absolute atomic E-state index is 9.03. The van der Waals surface area contributed by atoms with Gasteiger partial charge in [-0.15, -0.1) is 0 Å². The van der Waals surface area contributed by atoms with Gasteiger partial charge in [-0.05, 0) is 19.3 Å².